The van der Waals surface area contributed by atoms with Crippen LogP contribution in [-0.4, -0.2) is 41.4 Å². The summed E-state index contributed by atoms with van der Waals surface area (Å²) in [6.07, 6.45) is 0. The Morgan fingerprint density at radius 2 is 2.20 bits per heavy atom. The molecule has 2 rings (SSSR count). The van der Waals surface area contributed by atoms with E-state index in [-0.39, 0.29) is 30.0 Å². The molecule has 0 saturated carbocycles. The Labute approximate surface area is 123 Å². The van der Waals surface area contributed by atoms with E-state index in [0.717, 1.165) is 13.1 Å². The Balaban J connectivity index is 0.00000200. The van der Waals surface area contributed by atoms with E-state index in [9.17, 15) is 14.9 Å². The van der Waals surface area contributed by atoms with Gasteiger partial charge in [0.25, 0.3) is 11.6 Å². The zero-order valence-corrected chi connectivity index (χ0v) is 12.3. The van der Waals surface area contributed by atoms with Crippen molar-refractivity contribution in [1.29, 1.82) is 0 Å². The first-order valence-corrected chi connectivity index (χ1v) is 6.27. The van der Waals surface area contributed by atoms with Gasteiger partial charge in [0, 0.05) is 42.9 Å². The summed E-state index contributed by atoms with van der Waals surface area (Å²) in [4.78, 5) is 24.5. The largest absolute Gasteiger partial charge is 0.333 e. The fourth-order valence-electron chi connectivity index (χ4n) is 2.30. The average Bonchev–Trinajstić information content (AvgIpc) is 2.38. The normalized spacial score (nSPS) is 18.3. The van der Waals surface area contributed by atoms with Crippen molar-refractivity contribution in [3.63, 3.8) is 0 Å². The number of benzene rings is 1. The Morgan fingerprint density at radius 3 is 2.75 bits per heavy atom. The third kappa shape index (κ3) is 3.26. The number of piperazine rings is 1. The number of nitro benzene ring substituents is 1. The number of nitro groups is 1. The van der Waals surface area contributed by atoms with Gasteiger partial charge in [0.1, 0.15) is 0 Å². The number of hydrogen-bond acceptors (Lipinski definition) is 4. The first kappa shape index (κ1) is 16.4. The van der Waals surface area contributed by atoms with Crippen molar-refractivity contribution in [3.05, 3.63) is 39.4 Å². The van der Waals surface area contributed by atoms with E-state index >= 15 is 0 Å². The minimum absolute atomic E-state index is 0. The molecule has 1 N–H and O–H groups in total. The second kappa shape index (κ2) is 6.67. The summed E-state index contributed by atoms with van der Waals surface area (Å²) >= 11 is 0. The highest BCUT2D eigenvalue weighted by Crippen LogP contribution is 2.20. The lowest BCUT2D eigenvalue weighted by Crippen LogP contribution is -2.52. The smallest absolute Gasteiger partial charge is 0.272 e. The van der Waals surface area contributed by atoms with Crippen LogP contribution in [0.2, 0.25) is 0 Å². The standard InChI is InChI=1S/C13H17N3O3.ClH/c1-9-7-11(3-4-12(9)16(18)19)13(17)15-6-5-14-8-10(15)2;/h3-4,7,10,14H,5-6,8H2,1-2H3;1H/t10-;/m1./s1. The van der Waals surface area contributed by atoms with Gasteiger partial charge in [-0.25, -0.2) is 0 Å². The van der Waals surface area contributed by atoms with Crippen molar-refractivity contribution in [1.82, 2.24) is 10.2 Å². The molecule has 1 aromatic rings. The van der Waals surface area contributed by atoms with Gasteiger partial charge < -0.3 is 10.2 Å². The van der Waals surface area contributed by atoms with Crippen molar-refractivity contribution < 1.29 is 9.72 Å². The van der Waals surface area contributed by atoms with Gasteiger partial charge in [-0.05, 0) is 26.0 Å². The minimum Gasteiger partial charge on any atom is -0.333 e. The molecule has 0 aromatic heterocycles. The molecule has 0 unspecified atom stereocenters. The SMILES string of the molecule is Cc1cc(C(=O)N2CCNC[C@H]2C)ccc1[N+](=O)[O-].Cl. The van der Waals surface area contributed by atoms with E-state index < -0.39 is 4.92 Å². The van der Waals surface area contributed by atoms with Crippen LogP contribution in [0.3, 0.4) is 0 Å². The van der Waals surface area contributed by atoms with Crippen LogP contribution < -0.4 is 5.32 Å². The molecule has 1 atom stereocenters. The molecule has 0 aliphatic carbocycles. The van der Waals surface area contributed by atoms with E-state index in [4.69, 9.17) is 0 Å². The minimum atomic E-state index is -0.434. The Hall–Kier alpha value is -1.66. The fourth-order valence-corrected chi connectivity index (χ4v) is 2.30. The molecule has 0 bridgehead atoms. The van der Waals surface area contributed by atoms with Gasteiger partial charge in [0.15, 0.2) is 0 Å². The highest BCUT2D eigenvalue weighted by molar-refractivity contribution is 5.95. The molecular formula is C13H18ClN3O3. The van der Waals surface area contributed by atoms with Crippen LogP contribution >= 0.6 is 12.4 Å². The van der Waals surface area contributed by atoms with Crippen LogP contribution in [-0.2, 0) is 0 Å². The quantitative estimate of drug-likeness (QED) is 0.667. The summed E-state index contributed by atoms with van der Waals surface area (Å²) in [5.41, 5.74) is 1.07. The molecule has 0 radical (unpaired) electrons. The van der Waals surface area contributed by atoms with Gasteiger partial charge in [0.2, 0.25) is 0 Å². The van der Waals surface area contributed by atoms with Gasteiger partial charge in [-0.3, -0.25) is 14.9 Å². The van der Waals surface area contributed by atoms with Crippen molar-refractivity contribution in [2.45, 2.75) is 19.9 Å². The number of nitrogens with one attached hydrogen (secondary N) is 1. The predicted molar refractivity (Wildman–Crippen MR) is 78.4 cm³/mol. The Bertz CT molecular complexity index is 522. The van der Waals surface area contributed by atoms with E-state index in [1.807, 2.05) is 6.92 Å². The monoisotopic (exact) mass is 299 g/mol. The van der Waals surface area contributed by atoms with E-state index in [0.29, 0.717) is 17.7 Å². The summed E-state index contributed by atoms with van der Waals surface area (Å²) in [5, 5.41) is 14.0. The molecular weight excluding hydrogens is 282 g/mol. The van der Waals surface area contributed by atoms with E-state index in [1.165, 1.54) is 12.1 Å². The Morgan fingerprint density at radius 1 is 1.50 bits per heavy atom. The molecule has 20 heavy (non-hydrogen) atoms. The maximum absolute atomic E-state index is 12.4. The molecule has 1 aliphatic rings. The number of carbonyl (C=O) groups excluding carboxylic acids is 1. The van der Waals surface area contributed by atoms with Crippen molar-refractivity contribution >= 4 is 24.0 Å². The van der Waals surface area contributed by atoms with Gasteiger partial charge in [-0.2, -0.15) is 0 Å². The van der Waals surface area contributed by atoms with Crippen molar-refractivity contribution in [3.8, 4) is 0 Å². The van der Waals surface area contributed by atoms with Gasteiger partial charge in [0.05, 0.1) is 4.92 Å². The first-order chi connectivity index (χ1) is 9.00. The number of hydrogen-bond donors (Lipinski definition) is 1. The van der Waals surface area contributed by atoms with Crippen LogP contribution in [0.4, 0.5) is 5.69 Å². The number of carbonyl (C=O) groups is 1. The van der Waals surface area contributed by atoms with Crippen LogP contribution in [0, 0.1) is 17.0 Å². The van der Waals surface area contributed by atoms with Crippen LogP contribution in [0.5, 0.6) is 0 Å². The lowest BCUT2D eigenvalue weighted by molar-refractivity contribution is -0.385. The van der Waals surface area contributed by atoms with Gasteiger partial charge >= 0.3 is 0 Å². The topological polar surface area (TPSA) is 75.5 Å². The Kier molecular flexibility index (Phi) is 5.47. The lowest BCUT2D eigenvalue weighted by Gasteiger charge is -2.34. The predicted octanol–water partition coefficient (Wildman–Crippen LogP) is 1.76. The fraction of sp³-hybridized carbons (Fsp3) is 0.462. The zero-order valence-electron chi connectivity index (χ0n) is 11.5. The molecule has 1 aliphatic heterocycles. The van der Waals surface area contributed by atoms with E-state index in [1.54, 1.807) is 17.9 Å². The summed E-state index contributed by atoms with van der Waals surface area (Å²) in [5.74, 6) is -0.0630. The van der Waals surface area contributed by atoms with Crippen molar-refractivity contribution in [2.24, 2.45) is 0 Å². The van der Waals surface area contributed by atoms with Gasteiger partial charge in [-0.1, -0.05) is 0 Å². The second-order valence-electron chi connectivity index (χ2n) is 4.81. The summed E-state index contributed by atoms with van der Waals surface area (Å²) in [6.45, 7) is 5.86. The molecule has 1 fully saturated rings. The number of nitrogens with zero attached hydrogens (tertiary/aromatic N) is 2. The van der Waals surface area contributed by atoms with Crippen LogP contribution in [0.25, 0.3) is 0 Å². The molecule has 1 aromatic carbocycles. The number of halogens is 1. The van der Waals surface area contributed by atoms with Crippen LogP contribution in [0.15, 0.2) is 18.2 Å². The van der Waals surface area contributed by atoms with Crippen molar-refractivity contribution in [2.75, 3.05) is 19.6 Å². The lowest BCUT2D eigenvalue weighted by atomic mass is 10.1. The maximum Gasteiger partial charge on any atom is 0.272 e. The molecule has 7 heteroatoms. The summed E-state index contributed by atoms with van der Waals surface area (Å²) in [7, 11) is 0. The van der Waals surface area contributed by atoms with Gasteiger partial charge in [-0.15, -0.1) is 12.4 Å². The third-order valence-electron chi connectivity index (χ3n) is 3.40. The summed E-state index contributed by atoms with van der Waals surface area (Å²) in [6, 6.07) is 4.66. The molecule has 6 nitrogen and oxygen atoms in total. The first-order valence-electron chi connectivity index (χ1n) is 6.27. The molecule has 1 heterocycles. The number of amides is 1. The summed E-state index contributed by atoms with van der Waals surface area (Å²) < 4.78 is 0. The molecule has 1 saturated heterocycles. The average molecular weight is 300 g/mol. The second-order valence-corrected chi connectivity index (χ2v) is 4.81. The highest BCUT2D eigenvalue weighted by Gasteiger charge is 2.24. The molecule has 1 amide bonds. The highest BCUT2D eigenvalue weighted by atomic mass is 35.5. The number of aryl methyl sites for hydroxylation is 1. The maximum atomic E-state index is 12.4. The van der Waals surface area contributed by atoms with Crippen LogP contribution in [0.1, 0.15) is 22.8 Å². The molecule has 110 valence electrons. The van der Waals surface area contributed by atoms with E-state index in [2.05, 4.69) is 5.32 Å². The zero-order chi connectivity index (χ0) is 14.0. The third-order valence-corrected chi connectivity index (χ3v) is 3.40. The molecule has 0 spiro atoms. The number of rotatable bonds is 2.